The molecule has 1 nitrogen and oxygen atoms in total. The molecule has 1 fully saturated rings. The summed E-state index contributed by atoms with van der Waals surface area (Å²) in [5, 5.41) is 0. The zero-order valence-electron chi connectivity index (χ0n) is 8.07. The van der Waals surface area contributed by atoms with Crippen LogP contribution in [0.3, 0.4) is 0 Å². The van der Waals surface area contributed by atoms with E-state index in [4.69, 9.17) is 4.74 Å². The van der Waals surface area contributed by atoms with Gasteiger partial charge in [0.1, 0.15) is 0 Å². The normalized spacial score (nSPS) is 27.8. The lowest BCUT2D eigenvalue weighted by Gasteiger charge is -2.13. The van der Waals surface area contributed by atoms with Crippen molar-refractivity contribution >= 4 is 0 Å². The fourth-order valence-corrected chi connectivity index (χ4v) is 1.96. The van der Waals surface area contributed by atoms with Crippen molar-refractivity contribution in [3.8, 4) is 0 Å². The van der Waals surface area contributed by atoms with E-state index < -0.39 is 0 Å². The first-order valence-corrected chi connectivity index (χ1v) is 5.02. The van der Waals surface area contributed by atoms with Gasteiger partial charge in [0.2, 0.25) is 0 Å². The molecule has 1 aliphatic heterocycles. The molecule has 0 spiro atoms. The van der Waals surface area contributed by atoms with Crippen molar-refractivity contribution in [1.29, 1.82) is 0 Å². The first-order chi connectivity index (χ1) is 6.36. The molecule has 1 aliphatic rings. The Labute approximate surface area is 79.7 Å². The molecule has 0 aliphatic carbocycles. The number of ether oxygens (including phenoxy) is 1. The summed E-state index contributed by atoms with van der Waals surface area (Å²) in [6, 6.07) is 10.7. The molecule has 13 heavy (non-hydrogen) atoms. The highest BCUT2D eigenvalue weighted by molar-refractivity contribution is 5.15. The molecule has 1 heterocycles. The number of benzene rings is 1. The van der Waals surface area contributed by atoms with Gasteiger partial charge in [0.05, 0.1) is 6.10 Å². The minimum absolute atomic E-state index is 0.445. The fourth-order valence-electron chi connectivity index (χ4n) is 1.96. The average Bonchev–Trinajstić information content (AvgIpc) is 2.54. The monoisotopic (exact) mass is 176 g/mol. The Morgan fingerprint density at radius 2 is 2.08 bits per heavy atom. The third-order valence-corrected chi connectivity index (χ3v) is 2.87. The lowest BCUT2D eigenvalue weighted by molar-refractivity contribution is 0.106. The molecule has 70 valence electrons. The summed E-state index contributed by atoms with van der Waals surface area (Å²) in [6.07, 6.45) is 2.83. The second kappa shape index (κ2) is 3.93. The van der Waals surface area contributed by atoms with Gasteiger partial charge in [0.15, 0.2) is 0 Å². The predicted octanol–water partition coefficient (Wildman–Crippen LogP) is 2.65. The maximum atomic E-state index is 5.54. The number of rotatable bonds is 2. The molecule has 1 aromatic carbocycles. The molecule has 0 unspecified atom stereocenters. The summed E-state index contributed by atoms with van der Waals surface area (Å²) in [4.78, 5) is 0. The second-order valence-corrected chi connectivity index (χ2v) is 3.81. The van der Waals surface area contributed by atoms with Crippen LogP contribution in [-0.2, 0) is 11.2 Å². The van der Waals surface area contributed by atoms with Gasteiger partial charge < -0.3 is 4.74 Å². The SMILES string of the molecule is C[C@@H]1OCC[C@@H]1Cc1ccccc1. The molecule has 2 rings (SSSR count). The highest BCUT2D eigenvalue weighted by Crippen LogP contribution is 2.24. The Morgan fingerprint density at radius 3 is 2.69 bits per heavy atom. The smallest absolute Gasteiger partial charge is 0.0579 e. The first-order valence-electron chi connectivity index (χ1n) is 5.02. The van der Waals surface area contributed by atoms with Crippen LogP contribution in [0.1, 0.15) is 18.9 Å². The Kier molecular flexibility index (Phi) is 2.65. The van der Waals surface area contributed by atoms with Crippen LogP contribution in [0.2, 0.25) is 0 Å². The fraction of sp³-hybridized carbons (Fsp3) is 0.500. The van der Waals surface area contributed by atoms with Gasteiger partial charge in [-0.25, -0.2) is 0 Å². The van der Waals surface area contributed by atoms with Crippen molar-refractivity contribution in [2.45, 2.75) is 25.9 Å². The maximum absolute atomic E-state index is 5.54. The van der Waals surface area contributed by atoms with E-state index in [2.05, 4.69) is 37.3 Å². The zero-order valence-corrected chi connectivity index (χ0v) is 8.07. The van der Waals surface area contributed by atoms with Gasteiger partial charge in [-0.15, -0.1) is 0 Å². The van der Waals surface area contributed by atoms with Crippen molar-refractivity contribution in [3.05, 3.63) is 35.9 Å². The molecule has 0 radical (unpaired) electrons. The predicted molar refractivity (Wildman–Crippen MR) is 53.7 cm³/mol. The summed E-state index contributed by atoms with van der Waals surface area (Å²) in [5.74, 6) is 0.724. The van der Waals surface area contributed by atoms with Crippen molar-refractivity contribution in [1.82, 2.24) is 0 Å². The second-order valence-electron chi connectivity index (χ2n) is 3.81. The molecule has 0 bridgehead atoms. The van der Waals surface area contributed by atoms with Gasteiger partial charge in [-0.1, -0.05) is 30.3 Å². The van der Waals surface area contributed by atoms with Crippen molar-refractivity contribution in [3.63, 3.8) is 0 Å². The van der Waals surface area contributed by atoms with Crippen LogP contribution in [0.4, 0.5) is 0 Å². The molecule has 0 saturated carbocycles. The van der Waals surface area contributed by atoms with Crippen molar-refractivity contribution in [2.24, 2.45) is 5.92 Å². The van der Waals surface area contributed by atoms with Gasteiger partial charge in [-0.3, -0.25) is 0 Å². The Bertz CT molecular complexity index is 255. The van der Waals surface area contributed by atoms with Gasteiger partial charge in [0, 0.05) is 6.61 Å². The Morgan fingerprint density at radius 1 is 1.31 bits per heavy atom. The lowest BCUT2D eigenvalue weighted by atomic mass is 9.94. The summed E-state index contributed by atoms with van der Waals surface area (Å²) in [5.41, 5.74) is 1.44. The van der Waals surface area contributed by atoms with Crippen LogP contribution in [-0.4, -0.2) is 12.7 Å². The van der Waals surface area contributed by atoms with E-state index >= 15 is 0 Å². The van der Waals surface area contributed by atoms with E-state index in [9.17, 15) is 0 Å². The van der Waals surface area contributed by atoms with Crippen LogP contribution in [0.5, 0.6) is 0 Å². The Balaban J connectivity index is 1.98. The summed E-state index contributed by atoms with van der Waals surface area (Å²) >= 11 is 0. The van der Waals surface area contributed by atoms with E-state index in [1.807, 2.05) is 0 Å². The highest BCUT2D eigenvalue weighted by Gasteiger charge is 2.23. The van der Waals surface area contributed by atoms with E-state index in [0.717, 1.165) is 12.5 Å². The molecular formula is C12H16O. The van der Waals surface area contributed by atoms with Crippen molar-refractivity contribution in [2.75, 3.05) is 6.61 Å². The maximum Gasteiger partial charge on any atom is 0.0579 e. The van der Waals surface area contributed by atoms with Crippen LogP contribution in [0.25, 0.3) is 0 Å². The standard InChI is InChI=1S/C12H16O/c1-10-12(7-8-13-10)9-11-5-3-2-4-6-11/h2-6,10,12H,7-9H2,1H3/t10-,12+/m0/s1. The number of hydrogen-bond acceptors (Lipinski definition) is 1. The molecule has 1 heteroatoms. The minimum atomic E-state index is 0.445. The highest BCUT2D eigenvalue weighted by atomic mass is 16.5. The van der Waals surface area contributed by atoms with E-state index in [1.54, 1.807) is 0 Å². The number of hydrogen-bond donors (Lipinski definition) is 0. The van der Waals surface area contributed by atoms with Gasteiger partial charge in [-0.2, -0.15) is 0 Å². The summed E-state index contributed by atoms with van der Waals surface area (Å²) in [7, 11) is 0. The minimum Gasteiger partial charge on any atom is -0.378 e. The first kappa shape index (κ1) is 8.76. The quantitative estimate of drug-likeness (QED) is 0.673. The van der Waals surface area contributed by atoms with E-state index in [0.29, 0.717) is 6.10 Å². The summed E-state index contributed by atoms with van der Waals surface area (Å²) in [6.45, 7) is 3.12. The lowest BCUT2D eigenvalue weighted by Crippen LogP contribution is -2.13. The molecule has 1 aromatic rings. The summed E-state index contributed by atoms with van der Waals surface area (Å²) < 4.78 is 5.54. The van der Waals surface area contributed by atoms with Crippen LogP contribution in [0.15, 0.2) is 30.3 Å². The molecule has 0 amide bonds. The van der Waals surface area contributed by atoms with Gasteiger partial charge >= 0.3 is 0 Å². The van der Waals surface area contributed by atoms with E-state index in [1.165, 1.54) is 18.4 Å². The molecule has 0 aromatic heterocycles. The third-order valence-electron chi connectivity index (χ3n) is 2.87. The van der Waals surface area contributed by atoms with Crippen LogP contribution >= 0.6 is 0 Å². The Hall–Kier alpha value is -0.820. The topological polar surface area (TPSA) is 9.23 Å². The van der Waals surface area contributed by atoms with Crippen LogP contribution in [0, 0.1) is 5.92 Å². The van der Waals surface area contributed by atoms with Gasteiger partial charge in [0.25, 0.3) is 0 Å². The van der Waals surface area contributed by atoms with Gasteiger partial charge in [-0.05, 0) is 31.2 Å². The van der Waals surface area contributed by atoms with E-state index in [-0.39, 0.29) is 0 Å². The average molecular weight is 176 g/mol. The molecule has 2 atom stereocenters. The molecule has 0 N–H and O–H groups in total. The molecular weight excluding hydrogens is 160 g/mol. The largest absolute Gasteiger partial charge is 0.378 e. The molecule has 1 saturated heterocycles. The van der Waals surface area contributed by atoms with Crippen molar-refractivity contribution < 1.29 is 4.74 Å². The third kappa shape index (κ3) is 2.10. The zero-order chi connectivity index (χ0) is 9.10. The van der Waals surface area contributed by atoms with Crippen LogP contribution < -0.4 is 0 Å².